The predicted molar refractivity (Wildman–Crippen MR) is 89.6 cm³/mol. The van der Waals surface area contributed by atoms with Crippen molar-refractivity contribution in [2.45, 2.75) is 6.42 Å². The van der Waals surface area contributed by atoms with Gasteiger partial charge in [0.2, 0.25) is 11.8 Å². The first-order chi connectivity index (χ1) is 11.1. The third-order valence-corrected chi connectivity index (χ3v) is 3.13. The molecule has 0 atom stereocenters. The molecule has 2 aromatic carbocycles. The van der Waals surface area contributed by atoms with Crippen LogP contribution in [0.1, 0.15) is 6.42 Å². The molecule has 23 heavy (non-hydrogen) atoms. The van der Waals surface area contributed by atoms with Crippen LogP contribution in [-0.2, 0) is 9.59 Å². The molecule has 0 spiro atoms. The van der Waals surface area contributed by atoms with E-state index in [0.29, 0.717) is 16.5 Å². The molecule has 0 aliphatic rings. The van der Waals surface area contributed by atoms with Crippen LogP contribution in [0.25, 0.3) is 0 Å². The highest BCUT2D eigenvalue weighted by Gasteiger charge is 2.06. The van der Waals surface area contributed by atoms with Crippen LogP contribution in [0, 0.1) is 0 Å². The summed E-state index contributed by atoms with van der Waals surface area (Å²) in [7, 11) is 0. The molecule has 0 heterocycles. The molecule has 6 heteroatoms. The Hall–Kier alpha value is -2.53. The Morgan fingerprint density at radius 3 is 2.52 bits per heavy atom. The molecule has 0 aliphatic heterocycles. The maximum absolute atomic E-state index is 11.7. The first-order valence-corrected chi connectivity index (χ1v) is 7.51. The van der Waals surface area contributed by atoms with Crippen molar-refractivity contribution >= 4 is 29.1 Å². The number of rotatable bonds is 7. The number of carbonyl (C=O) groups is 2. The summed E-state index contributed by atoms with van der Waals surface area (Å²) in [4.78, 5) is 23.4. The summed E-state index contributed by atoms with van der Waals surface area (Å²) < 4.78 is 5.42. The van der Waals surface area contributed by atoms with Crippen molar-refractivity contribution in [3.05, 3.63) is 59.6 Å². The number of hydrogen-bond donors (Lipinski definition) is 2. The van der Waals surface area contributed by atoms with Crippen molar-refractivity contribution in [1.29, 1.82) is 0 Å². The van der Waals surface area contributed by atoms with Crippen molar-refractivity contribution in [2.24, 2.45) is 0 Å². The van der Waals surface area contributed by atoms with E-state index in [1.807, 2.05) is 30.3 Å². The average molecular weight is 333 g/mol. The number of anilines is 1. The van der Waals surface area contributed by atoms with Crippen molar-refractivity contribution in [3.8, 4) is 5.75 Å². The Labute approximate surface area is 139 Å². The van der Waals surface area contributed by atoms with Crippen LogP contribution in [0.2, 0.25) is 5.02 Å². The number of para-hydroxylation sites is 1. The van der Waals surface area contributed by atoms with Crippen LogP contribution < -0.4 is 15.4 Å². The van der Waals surface area contributed by atoms with Crippen LogP contribution in [-0.4, -0.2) is 25.0 Å². The monoisotopic (exact) mass is 332 g/mol. The number of halogens is 1. The summed E-state index contributed by atoms with van der Waals surface area (Å²) in [6.45, 7) is 0.155. The molecule has 120 valence electrons. The highest BCUT2D eigenvalue weighted by atomic mass is 35.5. The molecular formula is C17H17ClN2O3. The van der Waals surface area contributed by atoms with Gasteiger partial charge < -0.3 is 15.4 Å². The molecule has 0 saturated heterocycles. The zero-order valence-corrected chi connectivity index (χ0v) is 13.2. The zero-order chi connectivity index (χ0) is 16.5. The second-order valence-electron chi connectivity index (χ2n) is 4.75. The number of benzene rings is 2. The van der Waals surface area contributed by atoms with Gasteiger partial charge in [0.1, 0.15) is 5.75 Å². The zero-order valence-electron chi connectivity index (χ0n) is 12.4. The van der Waals surface area contributed by atoms with E-state index < -0.39 is 0 Å². The topological polar surface area (TPSA) is 67.4 Å². The third-order valence-electron chi connectivity index (χ3n) is 2.90. The molecule has 2 amide bonds. The molecule has 2 rings (SSSR count). The lowest BCUT2D eigenvalue weighted by Crippen LogP contribution is -2.33. The van der Waals surface area contributed by atoms with Crippen LogP contribution in [0.5, 0.6) is 5.75 Å². The summed E-state index contributed by atoms with van der Waals surface area (Å²) in [5, 5.41) is 5.72. The molecule has 2 aromatic rings. The van der Waals surface area contributed by atoms with Gasteiger partial charge in [-0.05, 0) is 30.3 Å². The summed E-state index contributed by atoms with van der Waals surface area (Å²) in [5.41, 5.74) is 0.587. The van der Waals surface area contributed by atoms with Crippen molar-refractivity contribution < 1.29 is 14.3 Å². The van der Waals surface area contributed by atoms with Crippen molar-refractivity contribution in [2.75, 3.05) is 18.5 Å². The maximum Gasteiger partial charge on any atom is 0.243 e. The minimum absolute atomic E-state index is 0.101. The summed E-state index contributed by atoms with van der Waals surface area (Å²) in [6.07, 6.45) is 0.180. The summed E-state index contributed by atoms with van der Waals surface area (Å²) >= 11 is 5.83. The highest BCUT2D eigenvalue weighted by molar-refractivity contribution is 6.30. The van der Waals surface area contributed by atoms with Crippen LogP contribution >= 0.6 is 11.6 Å². The van der Waals surface area contributed by atoms with Gasteiger partial charge in [0, 0.05) is 10.7 Å². The Kier molecular flexibility index (Phi) is 6.44. The van der Waals surface area contributed by atoms with E-state index >= 15 is 0 Å². The highest BCUT2D eigenvalue weighted by Crippen LogP contribution is 2.14. The van der Waals surface area contributed by atoms with Crippen LogP contribution in [0.4, 0.5) is 5.69 Å². The second-order valence-corrected chi connectivity index (χ2v) is 5.18. The van der Waals surface area contributed by atoms with E-state index in [4.69, 9.17) is 16.3 Å². The maximum atomic E-state index is 11.7. The molecule has 0 aromatic heterocycles. The number of carbonyl (C=O) groups excluding carboxylic acids is 2. The number of amides is 2. The first-order valence-electron chi connectivity index (χ1n) is 7.13. The second kappa shape index (κ2) is 8.80. The van der Waals surface area contributed by atoms with Crippen LogP contribution in [0.3, 0.4) is 0 Å². The van der Waals surface area contributed by atoms with E-state index in [2.05, 4.69) is 10.6 Å². The fourth-order valence-electron chi connectivity index (χ4n) is 1.82. The lowest BCUT2D eigenvalue weighted by atomic mass is 10.3. The molecule has 0 bridgehead atoms. The van der Waals surface area contributed by atoms with Gasteiger partial charge in [0.05, 0.1) is 19.6 Å². The van der Waals surface area contributed by atoms with E-state index in [1.54, 1.807) is 24.3 Å². The first kappa shape index (κ1) is 16.8. The minimum atomic E-state index is -0.315. The molecule has 0 unspecified atom stereocenters. The SMILES string of the molecule is O=C(CCOc1ccccc1)NCC(=O)Nc1cccc(Cl)c1. The minimum Gasteiger partial charge on any atom is -0.493 e. The Balaban J connectivity index is 1.65. The van der Waals surface area contributed by atoms with E-state index in [0.717, 1.165) is 0 Å². The van der Waals surface area contributed by atoms with E-state index in [9.17, 15) is 9.59 Å². The van der Waals surface area contributed by atoms with Gasteiger partial charge in [-0.2, -0.15) is 0 Å². The smallest absolute Gasteiger partial charge is 0.243 e. The lowest BCUT2D eigenvalue weighted by molar-refractivity contribution is -0.124. The molecule has 0 radical (unpaired) electrons. The van der Waals surface area contributed by atoms with Gasteiger partial charge in [-0.3, -0.25) is 9.59 Å². The molecule has 0 fully saturated rings. The average Bonchev–Trinajstić information content (AvgIpc) is 2.54. The molecule has 5 nitrogen and oxygen atoms in total. The lowest BCUT2D eigenvalue weighted by Gasteiger charge is -2.08. The fourth-order valence-corrected chi connectivity index (χ4v) is 2.01. The van der Waals surface area contributed by atoms with Gasteiger partial charge in [-0.15, -0.1) is 0 Å². The van der Waals surface area contributed by atoms with Crippen LogP contribution in [0.15, 0.2) is 54.6 Å². The van der Waals surface area contributed by atoms with Crippen molar-refractivity contribution in [3.63, 3.8) is 0 Å². The van der Waals surface area contributed by atoms with Gasteiger partial charge >= 0.3 is 0 Å². The predicted octanol–water partition coefficient (Wildman–Crippen LogP) is 2.86. The Morgan fingerprint density at radius 1 is 1.00 bits per heavy atom. The number of nitrogens with one attached hydrogen (secondary N) is 2. The van der Waals surface area contributed by atoms with E-state index in [-0.39, 0.29) is 31.4 Å². The Bertz CT molecular complexity index is 662. The van der Waals surface area contributed by atoms with E-state index in [1.165, 1.54) is 0 Å². The summed E-state index contributed by atoms with van der Waals surface area (Å²) in [5.74, 6) is 0.144. The van der Waals surface area contributed by atoms with Gasteiger partial charge in [-0.1, -0.05) is 35.9 Å². The molecule has 2 N–H and O–H groups in total. The largest absolute Gasteiger partial charge is 0.493 e. The van der Waals surface area contributed by atoms with Gasteiger partial charge in [0.25, 0.3) is 0 Å². The quantitative estimate of drug-likeness (QED) is 0.819. The normalized spacial score (nSPS) is 9.96. The molecule has 0 aliphatic carbocycles. The summed E-state index contributed by atoms with van der Waals surface area (Å²) in [6, 6.07) is 16.0. The van der Waals surface area contributed by atoms with Crippen molar-refractivity contribution in [1.82, 2.24) is 5.32 Å². The third kappa shape index (κ3) is 6.40. The molecular weight excluding hydrogens is 316 g/mol. The Morgan fingerprint density at radius 2 is 1.78 bits per heavy atom. The standard InChI is InChI=1S/C17H17ClN2O3/c18-13-5-4-6-14(11-13)20-17(22)12-19-16(21)9-10-23-15-7-2-1-3-8-15/h1-8,11H,9-10,12H2,(H,19,21)(H,20,22). The van der Waals surface area contributed by atoms with Gasteiger partial charge in [-0.25, -0.2) is 0 Å². The van der Waals surface area contributed by atoms with Gasteiger partial charge in [0.15, 0.2) is 0 Å². The number of hydrogen-bond acceptors (Lipinski definition) is 3. The molecule has 0 saturated carbocycles. The number of ether oxygens (including phenoxy) is 1. The fraction of sp³-hybridized carbons (Fsp3) is 0.176.